The first-order chi connectivity index (χ1) is 17.3. The summed E-state index contributed by atoms with van der Waals surface area (Å²) in [5, 5.41) is 0. The smallest absolute Gasteiger partial charge is 0.343 e. The zero-order valence-electron chi connectivity index (χ0n) is 19.6. The van der Waals surface area contributed by atoms with E-state index in [2.05, 4.69) is 15.9 Å². The van der Waals surface area contributed by atoms with E-state index in [0.717, 1.165) is 10.0 Å². The van der Waals surface area contributed by atoms with E-state index in [-0.39, 0.29) is 30.7 Å². The molecule has 1 amide bonds. The highest BCUT2D eigenvalue weighted by molar-refractivity contribution is 9.10. The Balaban J connectivity index is 1.28. The second-order valence-corrected chi connectivity index (χ2v) is 9.40. The lowest BCUT2D eigenvalue weighted by Gasteiger charge is -2.25. The van der Waals surface area contributed by atoms with Gasteiger partial charge in [-0.15, -0.1) is 0 Å². The van der Waals surface area contributed by atoms with Crippen molar-refractivity contribution in [2.45, 2.75) is 19.4 Å². The van der Waals surface area contributed by atoms with E-state index in [4.69, 9.17) is 9.47 Å². The number of rotatable bonds is 8. The number of carbonyl (C=O) groups is 4. The average molecular weight is 550 g/mol. The highest BCUT2D eigenvalue weighted by atomic mass is 79.9. The highest BCUT2D eigenvalue weighted by Crippen LogP contribution is 2.29. The SMILES string of the molecule is C[C@@H](c1ccccc1)N1C[C@H](C(=O)OCC(=O)c2ccc(OC(=O)c3ccc(Br)cc3)cc2)CC1=O. The molecule has 0 saturated carbocycles. The van der Waals surface area contributed by atoms with Gasteiger partial charge in [0.05, 0.1) is 17.5 Å². The largest absolute Gasteiger partial charge is 0.457 e. The number of hydrogen-bond donors (Lipinski definition) is 0. The predicted octanol–water partition coefficient (Wildman–Crippen LogP) is 5.00. The van der Waals surface area contributed by atoms with Crippen LogP contribution in [0, 0.1) is 5.92 Å². The van der Waals surface area contributed by atoms with Gasteiger partial charge < -0.3 is 14.4 Å². The van der Waals surface area contributed by atoms with E-state index in [9.17, 15) is 19.2 Å². The van der Waals surface area contributed by atoms with E-state index < -0.39 is 30.2 Å². The fraction of sp³-hybridized carbons (Fsp3) is 0.214. The van der Waals surface area contributed by atoms with Gasteiger partial charge in [-0.2, -0.15) is 0 Å². The number of hydrogen-bond acceptors (Lipinski definition) is 6. The molecule has 0 radical (unpaired) electrons. The molecular weight excluding hydrogens is 526 g/mol. The number of carbonyl (C=O) groups excluding carboxylic acids is 4. The third kappa shape index (κ3) is 6.07. The van der Waals surface area contributed by atoms with E-state index >= 15 is 0 Å². The van der Waals surface area contributed by atoms with Gasteiger partial charge in [0.2, 0.25) is 5.91 Å². The van der Waals surface area contributed by atoms with Crippen LogP contribution in [0.3, 0.4) is 0 Å². The highest BCUT2D eigenvalue weighted by Gasteiger charge is 2.38. The number of Topliss-reactive ketones (excluding diaryl/α,β-unsaturated/α-hetero) is 1. The maximum absolute atomic E-state index is 12.5. The van der Waals surface area contributed by atoms with Gasteiger partial charge in [0.25, 0.3) is 0 Å². The van der Waals surface area contributed by atoms with Gasteiger partial charge in [0, 0.05) is 23.0 Å². The number of halogens is 1. The lowest BCUT2D eigenvalue weighted by molar-refractivity contribution is -0.147. The third-order valence-corrected chi connectivity index (χ3v) is 6.58. The predicted molar refractivity (Wildman–Crippen MR) is 136 cm³/mol. The summed E-state index contributed by atoms with van der Waals surface area (Å²) in [5.41, 5.74) is 1.70. The van der Waals surface area contributed by atoms with Crippen molar-refractivity contribution in [1.29, 1.82) is 0 Å². The molecule has 1 heterocycles. The van der Waals surface area contributed by atoms with E-state index in [1.807, 2.05) is 37.3 Å². The van der Waals surface area contributed by atoms with Gasteiger partial charge in [-0.25, -0.2) is 4.79 Å². The van der Waals surface area contributed by atoms with Crippen LogP contribution in [0.25, 0.3) is 0 Å². The summed E-state index contributed by atoms with van der Waals surface area (Å²) in [5.74, 6) is -1.93. The van der Waals surface area contributed by atoms with E-state index in [1.165, 1.54) is 24.3 Å². The van der Waals surface area contributed by atoms with Crippen molar-refractivity contribution in [3.8, 4) is 5.75 Å². The molecule has 0 aliphatic carbocycles. The molecule has 4 rings (SSSR count). The Bertz CT molecular complexity index is 1260. The van der Waals surface area contributed by atoms with Crippen LogP contribution in [0.2, 0.25) is 0 Å². The number of benzene rings is 3. The first-order valence-electron chi connectivity index (χ1n) is 11.4. The van der Waals surface area contributed by atoms with Crippen molar-refractivity contribution in [2.24, 2.45) is 5.92 Å². The molecule has 0 bridgehead atoms. The fourth-order valence-electron chi connectivity index (χ4n) is 3.97. The van der Waals surface area contributed by atoms with Crippen molar-refractivity contribution < 1.29 is 28.7 Å². The van der Waals surface area contributed by atoms with Crippen LogP contribution in [0.15, 0.2) is 83.3 Å². The van der Waals surface area contributed by atoms with Crippen LogP contribution in [-0.2, 0) is 14.3 Å². The number of likely N-dealkylation sites (tertiary alicyclic amines) is 1. The molecule has 1 fully saturated rings. The fourth-order valence-corrected chi connectivity index (χ4v) is 4.24. The van der Waals surface area contributed by atoms with Gasteiger partial charge in [0.15, 0.2) is 12.4 Å². The van der Waals surface area contributed by atoms with E-state index in [1.54, 1.807) is 29.2 Å². The number of esters is 2. The first-order valence-corrected chi connectivity index (χ1v) is 12.2. The molecule has 0 aromatic heterocycles. The number of ether oxygens (including phenoxy) is 2. The van der Waals surface area contributed by atoms with Crippen LogP contribution in [0.1, 0.15) is 45.7 Å². The van der Waals surface area contributed by atoms with Crippen LogP contribution in [-0.4, -0.2) is 41.7 Å². The lowest BCUT2D eigenvalue weighted by Crippen LogP contribution is -2.30. The molecule has 2 atom stereocenters. The Hall–Kier alpha value is -3.78. The van der Waals surface area contributed by atoms with Crippen LogP contribution in [0.4, 0.5) is 0 Å². The number of nitrogens with zero attached hydrogens (tertiary/aromatic N) is 1. The Kier molecular flexibility index (Phi) is 7.95. The van der Waals surface area contributed by atoms with Crippen LogP contribution < -0.4 is 4.74 Å². The molecule has 3 aromatic carbocycles. The number of ketones is 1. The standard InChI is InChI=1S/C28H24BrNO6/c1-18(19-5-3-2-4-6-19)30-16-22(15-26(30)32)27(33)35-17-25(31)20-9-13-24(14-10-20)36-28(34)21-7-11-23(29)12-8-21/h2-14,18,22H,15-17H2,1H3/t18-,22+/m0/s1. The topological polar surface area (TPSA) is 90.0 Å². The molecule has 1 aliphatic heterocycles. The van der Waals surface area contributed by atoms with E-state index in [0.29, 0.717) is 11.1 Å². The summed E-state index contributed by atoms with van der Waals surface area (Å²) in [6, 6.07) is 22.2. The van der Waals surface area contributed by atoms with Crippen molar-refractivity contribution in [3.63, 3.8) is 0 Å². The molecule has 7 nitrogen and oxygen atoms in total. The maximum atomic E-state index is 12.5. The van der Waals surface area contributed by atoms with Gasteiger partial charge >= 0.3 is 11.9 Å². The second-order valence-electron chi connectivity index (χ2n) is 8.49. The second kappa shape index (κ2) is 11.3. The molecule has 1 saturated heterocycles. The minimum atomic E-state index is -0.614. The van der Waals surface area contributed by atoms with Gasteiger partial charge in [0.1, 0.15) is 5.75 Å². The summed E-state index contributed by atoms with van der Waals surface area (Å²) in [7, 11) is 0. The van der Waals surface area contributed by atoms with Gasteiger partial charge in [-0.3, -0.25) is 14.4 Å². The summed E-state index contributed by atoms with van der Waals surface area (Å²) < 4.78 is 11.4. The molecule has 0 spiro atoms. The molecule has 0 unspecified atom stereocenters. The molecule has 3 aromatic rings. The zero-order valence-corrected chi connectivity index (χ0v) is 21.1. The van der Waals surface area contributed by atoms with Crippen molar-refractivity contribution in [2.75, 3.05) is 13.2 Å². The maximum Gasteiger partial charge on any atom is 0.343 e. The quantitative estimate of drug-likeness (QED) is 0.223. The summed E-state index contributed by atoms with van der Waals surface area (Å²) in [4.78, 5) is 51.4. The Morgan fingerprint density at radius 1 is 0.944 bits per heavy atom. The van der Waals surface area contributed by atoms with Crippen molar-refractivity contribution in [1.82, 2.24) is 4.90 Å². The monoisotopic (exact) mass is 549 g/mol. The molecule has 184 valence electrons. The zero-order chi connectivity index (χ0) is 25.7. The Labute approximate surface area is 217 Å². The first kappa shape index (κ1) is 25.3. The summed E-state index contributed by atoms with van der Waals surface area (Å²) in [6.07, 6.45) is 0.0582. The Morgan fingerprint density at radius 2 is 1.58 bits per heavy atom. The summed E-state index contributed by atoms with van der Waals surface area (Å²) in [6.45, 7) is 1.74. The molecule has 8 heteroatoms. The van der Waals surface area contributed by atoms with Crippen molar-refractivity contribution in [3.05, 3.63) is 100 Å². The van der Waals surface area contributed by atoms with Crippen molar-refractivity contribution >= 4 is 39.6 Å². The Morgan fingerprint density at radius 3 is 2.25 bits per heavy atom. The molecular formula is C28H24BrNO6. The molecule has 0 N–H and O–H groups in total. The third-order valence-electron chi connectivity index (χ3n) is 6.05. The normalized spacial score (nSPS) is 15.9. The van der Waals surface area contributed by atoms with Crippen LogP contribution >= 0.6 is 15.9 Å². The number of amides is 1. The molecule has 36 heavy (non-hydrogen) atoms. The lowest BCUT2D eigenvalue weighted by atomic mass is 10.1. The van der Waals surface area contributed by atoms with Gasteiger partial charge in [-0.1, -0.05) is 46.3 Å². The minimum absolute atomic E-state index is 0.0582. The average Bonchev–Trinajstić information content (AvgIpc) is 3.29. The van der Waals surface area contributed by atoms with Gasteiger partial charge in [-0.05, 0) is 61.0 Å². The molecule has 1 aliphatic rings. The minimum Gasteiger partial charge on any atom is -0.457 e. The summed E-state index contributed by atoms with van der Waals surface area (Å²) >= 11 is 3.31. The van der Waals surface area contributed by atoms with Crippen LogP contribution in [0.5, 0.6) is 5.75 Å².